The Kier molecular flexibility index (Phi) is 11.5. The molecule has 2 aromatic carbocycles. The van der Waals surface area contributed by atoms with E-state index >= 15 is 0 Å². The largest absolute Gasteiger partial charge is 0.481 e. The van der Waals surface area contributed by atoms with Crippen molar-refractivity contribution in [2.24, 2.45) is 11.8 Å². The summed E-state index contributed by atoms with van der Waals surface area (Å²) < 4.78 is 16.9. The number of benzene rings is 2. The van der Waals surface area contributed by atoms with Crippen molar-refractivity contribution in [1.29, 1.82) is 0 Å². The maximum absolute atomic E-state index is 11.1. The predicted octanol–water partition coefficient (Wildman–Crippen LogP) is 4.29. The van der Waals surface area contributed by atoms with Gasteiger partial charge in [-0.25, -0.2) is 0 Å². The van der Waals surface area contributed by atoms with Crippen LogP contribution in [0.3, 0.4) is 0 Å². The van der Waals surface area contributed by atoms with Crippen LogP contribution in [0.15, 0.2) is 60.7 Å². The number of aliphatic hydroxyl groups is 1. The van der Waals surface area contributed by atoms with Crippen LogP contribution >= 0.6 is 0 Å². The number of methoxy groups -OCH3 is 1. The zero-order valence-electron chi connectivity index (χ0n) is 21.3. The van der Waals surface area contributed by atoms with E-state index in [1.807, 2.05) is 60.7 Å². The van der Waals surface area contributed by atoms with E-state index in [0.29, 0.717) is 45.3 Å². The Bertz CT molecular complexity index is 951. The summed E-state index contributed by atoms with van der Waals surface area (Å²) in [6.07, 6.45) is 2.29. The summed E-state index contributed by atoms with van der Waals surface area (Å²) in [4.78, 5) is 22.0. The molecular weight excluding hydrogens is 476 g/mol. The molecule has 2 aromatic rings. The first-order chi connectivity index (χ1) is 17.9. The molecule has 0 bridgehead atoms. The number of aliphatic carboxylic acids is 2. The van der Waals surface area contributed by atoms with E-state index in [1.165, 1.54) is 0 Å². The Balaban J connectivity index is 0.000000206. The summed E-state index contributed by atoms with van der Waals surface area (Å²) in [7, 11) is 1.66. The minimum atomic E-state index is -0.796. The van der Waals surface area contributed by atoms with Crippen LogP contribution in [0.2, 0.25) is 0 Å². The fourth-order valence-corrected chi connectivity index (χ4v) is 4.84. The van der Waals surface area contributed by atoms with Crippen LogP contribution in [0.1, 0.15) is 49.7 Å². The third-order valence-electron chi connectivity index (χ3n) is 7.10. The van der Waals surface area contributed by atoms with Gasteiger partial charge in [0.05, 0.1) is 49.5 Å². The average Bonchev–Trinajstić information content (AvgIpc) is 2.92. The number of hydrogen-bond donors (Lipinski definition) is 3. The van der Waals surface area contributed by atoms with Crippen molar-refractivity contribution in [3.8, 4) is 0 Å². The molecule has 0 radical (unpaired) electrons. The van der Waals surface area contributed by atoms with E-state index in [4.69, 9.17) is 24.4 Å². The Morgan fingerprint density at radius 2 is 1.16 bits per heavy atom. The quantitative estimate of drug-likeness (QED) is 0.453. The molecule has 8 heteroatoms. The van der Waals surface area contributed by atoms with E-state index in [0.717, 1.165) is 17.5 Å². The molecule has 4 rings (SSSR count). The first kappa shape index (κ1) is 28.8. The zero-order valence-corrected chi connectivity index (χ0v) is 21.3. The number of carbonyl (C=O) groups is 2. The lowest BCUT2D eigenvalue weighted by Crippen LogP contribution is -2.39. The van der Waals surface area contributed by atoms with Gasteiger partial charge in [0.1, 0.15) is 0 Å². The third kappa shape index (κ3) is 9.23. The summed E-state index contributed by atoms with van der Waals surface area (Å²) in [5, 5.41) is 27.9. The second kappa shape index (κ2) is 14.8. The van der Waals surface area contributed by atoms with E-state index in [9.17, 15) is 14.7 Å². The van der Waals surface area contributed by atoms with Gasteiger partial charge in [-0.05, 0) is 49.7 Å². The highest BCUT2D eigenvalue weighted by molar-refractivity contribution is 5.70. The van der Waals surface area contributed by atoms with Crippen molar-refractivity contribution in [3.05, 3.63) is 71.8 Å². The molecule has 2 saturated carbocycles. The van der Waals surface area contributed by atoms with Crippen LogP contribution in [0.5, 0.6) is 0 Å². The lowest BCUT2D eigenvalue weighted by molar-refractivity contribution is -0.150. The van der Waals surface area contributed by atoms with Crippen LogP contribution in [0, 0.1) is 11.8 Å². The Morgan fingerprint density at radius 1 is 0.703 bits per heavy atom. The molecule has 0 aliphatic heterocycles. The monoisotopic (exact) mass is 514 g/mol. The van der Waals surface area contributed by atoms with Gasteiger partial charge in [-0.3, -0.25) is 9.59 Å². The fraction of sp³-hybridized carbons (Fsp3) is 0.517. The number of rotatable bonds is 9. The molecule has 6 atom stereocenters. The van der Waals surface area contributed by atoms with Gasteiger partial charge < -0.3 is 29.5 Å². The molecular formula is C29H38O8. The molecule has 3 N–H and O–H groups in total. The van der Waals surface area contributed by atoms with Crippen molar-refractivity contribution in [2.75, 3.05) is 7.11 Å². The molecule has 2 aliphatic rings. The van der Waals surface area contributed by atoms with Gasteiger partial charge >= 0.3 is 11.9 Å². The smallest absolute Gasteiger partial charge is 0.306 e. The summed E-state index contributed by atoms with van der Waals surface area (Å²) >= 11 is 0. The van der Waals surface area contributed by atoms with Crippen molar-refractivity contribution in [2.45, 2.75) is 76.2 Å². The summed E-state index contributed by atoms with van der Waals surface area (Å²) in [5.74, 6) is -2.24. The first-order valence-corrected chi connectivity index (χ1v) is 12.8. The SMILES string of the molecule is COC1CCC(C(=O)O)CC1OCc1ccccc1.O=C(O)C1CCC(O)C(OCc2ccccc2)C1. The fourth-order valence-electron chi connectivity index (χ4n) is 4.84. The summed E-state index contributed by atoms with van der Waals surface area (Å²) in [6, 6.07) is 19.6. The van der Waals surface area contributed by atoms with E-state index in [-0.39, 0.29) is 24.2 Å². The predicted molar refractivity (Wildman–Crippen MR) is 137 cm³/mol. The van der Waals surface area contributed by atoms with E-state index in [1.54, 1.807) is 7.11 Å². The zero-order chi connectivity index (χ0) is 26.6. The van der Waals surface area contributed by atoms with E-state index < -0.39 is 24.0 Å². The number of aliphatic hydroxyl groups excluding tert-OH is 1. The molecule has 37 heavy (non-hydrogen) atoms. The van der Waals surface area contributed by atoms with Crippen LogP contribution in [-0.4, -0.2) is 58.8 Å². The van der Waals surface area contributed by atoms with E-state index in [2.05, 4.69) is 0 Å². The molecule has 8 nitrogen and oxygen atoms in total. The summed E-state index contributed by atoms with van der Waals surface area (Å²) in [6.45, 7) is 0.909. The second-order valence-corrected chi connectivity index (χ2v) is 9.71. The summed E-state index contributed by atoms with van der Waals surface area (Å²) in [5.41, 5.74) is 2.12. The van der Waals surface area contributed by atoms with Crippen LogP contribution in [0.4, 0.5) is 0 Å². The molecule has 2 aliphatic carbocycles. The molecule has 2 fully saturated rings. The number of ether oxygens (including phenoxy) is 3. The standard InChI is InChI=1S/C15H20O4.C14H18O4/c1-18-13-8-7-12(15(16)17)9-14(13)19-10-11-5-3-2-4-6-11;15-12-7-6-11(14(16)17)8-13(12)18-9-10-4-2-1-3-5-10/h2-6,12-14H,7-10H2,1H3,(H,16,17);1-5,11-13,15H,6-9H2,(H,16,17). The highest BCUT2D eigenvalue weighted by Gasteiger charge is 2.35. The van der Waals surface area contributed by atoms with Crippen molar-refractivity contribution < 1.29 is 39.1 Å². The maximum Gasteiger partial charge on any atom is 0.306 e. The average molecular weight is 515 g/mol. The van der Waals surface area contributed by atoms with Gasteiger partial charge in [-0.2, -0.15) is 0 Å². The van der Waals surface area contributed by atoms with Gasteiger partial charge in [0, 0.05) is 7.11 Å². The Morgan fingerprint density at radius 3 is 1.65 bits per heavy atom. The highest BCUT2D eigenvalue weighted by atomic mass is 16.5. The molecule has 202 valence electrons. The molecule has 0 spiro atoms. The molecule has 6 unspecified atom stereocenters. The topological polar surface area (TPSA) is 123 Å². The lowest BCUT2D eigenvalue weighted by Gasteiger charge is -2.33. The van der Waals surface area contributed by atoms with Gasteiger partial charge in [0.2, 0.25) is 0 Å². The van der Waals surface area contributed by atoms with Crippen LogP contribution < -0.4 is 0 Å². The Hall–Kier alpha value is -2.78. The van der Waals surface area contributed by atoms with Gasteiger partial charge in [-0.1, -0.05) is 60.7 Å². The Labute approximate surface area is 218 Å². The van der Waals surface area contributed by atoms with Crippen LogP contribution in [-0.2, 0) is 37.0 Å². The van der Waals surface area contributed by atoms with Gasteiger partial charge in [0.15, 0.2) is 0 Å². The number of carboxylic acids is 2. The molecule has 0 saturated heterocycles. The van der Waals surface area contributed by atoms with Crippen molar-refractivity contribution >= 4 is 11.9 Å². The second-order valence-electron chi connectivity index (χ2n) is 9.71. The third-order valence-corrected chi connectivity index (χ3v) is 7.10. The van der Waals surface area contributed by atoms with Gasteiger partial charge in [0.25, 0.3) is 0 Å². The molecule has 0 aromatic heterocycles. The van der Waals surface area contributed by atoms with Crippen molar-refractivity contribution in [3.63, 3.8) is 0 Å². The molecule has 0 amide bonds. The number of hydrogen-bond acceptors (Lipinski definition) is 6. The minimum Gasteiger partial charge on any atom is -0.481 e. The first-order valence-electron chi connectivity index (χ1n) is 12.8. The maximum atomic E-state index is 11.1. The number of carboxylic acid groups (broad SMARTS) is 2. The minimum absolute atomic E-state index is 0.000637. The lowest BCUT2D eigenvalue weighted by atomic mass is 9.85. The highest BCUT2D eigenvalue weighted by Crippen LogP contribution is 2.29. The van der Waals surface area contributed by atoms with Gasteiger partial charge in [-0.15, -0.1) is 0 Å². The normalized spacial score (nSPS) is 27.5. The van der Waals surface area contributed by atoms with Crippen LogP contribution in [0.25, 0.3) is 0 Å². The molecule has 0 heterocycles. The van der Waals surface area contributed by atoms with Crippen molar-refractivity contribution in [1.82, 2.24) is 0 Å².